The van der Waals surface area contributed by atoms with Crippen molar-refractivity contribution < 1.29 is 4.74 Å². The molecule has 2 unspecified atom stereocenters. The zero-order chi connectivity index (χ0) is 12.1. The lowest BCUT2D eigenvalue weighted by Crippen LogP contribution is -2.29. The molecule has 1 aliphatic rings. The molecule has 4 heteroatoms. The molecule has 94 valence electrons. The second-order valence-electron chi connectivity index (χ2n) is 4.36. The summed E-state index contributed by atoms with van der Waals surface area (Å²) in [7, 11) is 0. The lowest BCUT2D eigenvalue weighted by Gasteiger charge is -2.21. The molecule has 0 radical (unpaired) electrons. The van der Waals surface area contributed by atoms with Crippen molar-refractivity contribution in [3.05, 3.63) is 29.3 Å². The molecule has 2 rings (SSSR count). The minimum Gasteiger partial charge on any atom is -0.492 e. The standard InChI is InChI=1S/C13H18ClNOS/c14-12-3-1-2-4-13(12)16-8-11(7-15)10-5-6-17-9-10/h1-4,10-11H,5-9,15H2. The maximum Gasteiger partial charge on any atom is 0.137 e. The van der Waals surface area contributed by atoms with Gasteiger partial charge in [0.15, 0.2) is 0 Å². The summed E-state index contributed by atoms with van der Waals surface area (Å²) in [4.78, 5) is 0. The number of hydrogen-bond donors (Lipinski definition) is 1. The van der Waals surface area contributed by atoms with Gasteiger partial charge in [0, 0.05) is 5.92 Å². The van der Waals surface area contributed by atoms with Crippen molar-refractivity contribution in [1.29, 1.82) is 0 Å². The van der Waals surface area contributed by atoms with Crippen LogP contribution in [0.15, 0.2) is 24.3 Å². The van der Waals surface area contributed by atoms with E-state index in [1.165, 1.54) is 17.9 Å². The van der Waals surface area contributed by atoms with Gasteiger partial charge in [0.25, 0.3) is 0 Å². The van der Waals surface area contributed by atoms with Crippen molar-refractivity contribution in [3.8, 4) is 5.75 Å². The zero-order valence-corrected chi connectivity index (χ0v) is 11.3. The van der Waals surface area contributed by atoms with Gasteiger partial charge in [-0.25, -0.2) is 0 Å². The molecule has 0 spiro atoms. The van der Waals surface area contributed by atoms with Crippen LogP contribution in [0.3, 0.4) is 0 Å². The van der Waals surface area contributed by atoms with Gasteiger partial charge < -0.3 is 10.5 Å². The predicted octanol–water partition coefficient (Wildman–Crippen LogP) is 3.05. The third kappa shape index (κ3) is 3.54. The van der Waals surface area contributed by atoms with E-state index in [0.29, 0.717) is 30.0 Å². The van der Waals surface area contributed by atoms with Gasteiger partial charge in [-0.15, -0.1) is 0 Å². The van der Waals surface area contributed by atoms with Crippen LogP contribution in [-0.4, -0.2) is 24.7 Å². The maximum atomic E-state index is 6.05. The number of thioether (sulfide) groups is 1. The van der Waals surface area contributed by atoms with Crippen molar-refractivity contribution in [2.75, 3.05) is 24.7 Å². The second-order valence-corrected chi connectivity index (χ2v) is 5.92. The molecule has 0 aromatic heterocycles. The fourth-order valence-corrected chi connectivity index (χ4v) is 3.65. The minimum atomic E-state index is 0.446. The number of benzene rings is 1. The number of para-hydroxylation sites is 1. The Morgan fingerprint density at radius 1 is 1.47 bits per heavy atom. The molecule has 1 aromatic carbocycles. The highest BCUT2D eigenvalue weighted by molar-refractivity contribution is 7.99. The van der Waals surface area contributed by atoms with E-state index in [1.807, 2.05) is 36.0 Å². The molecule has 2 atom stereocenters. The summed E-state index contributed by atoms with van der Waals surface area (Å²) >= 11 is 8.06. The average Bonchev–Trinajstić information content (AvgIpc) is 2.86. The van der Waals surface area contributed by atoms with Gasteiger partial charge in [0.1, 0.15) is 5.75 Å². The monoisotopic (exact) mass is 271 g/mol. The molecule has 0 amide bonds. The molecule has 2 nitrogen and oxygen atoms in total. The highest BCUT2D eigenvalue weighted by Gasteiger charge is 2.25. The first-order valence-electron chi connectivity index (χ1n) is 5.96. The molecule has 0 aliphatic carbocycles. The van der Waals surface area contributed by atoms with Crippen LogP contribution < -0.4 is 10.5 Å². The van der Waals surface area contributed by atoms with Gasteiger partial charge in [-0.05, 0) is 42.5 Å². The Labute approximate surface area is 112 Å². The molecular formula is C13H18ClNOS. The molecule has 0 bridgehead atoms. The molecule has 1 aromatic rings. The van der Waals surface area contributed by atoms with E-state index in [1.54, 1.807) is 0 Å². The summed E-state index contributed by atoms with van der Waals surface area (Å²) in [6.45, 7) is 1.36. The van der Waals surface area contributed by atoms with Crippen LogP contribution in [0.5, 0.6) is 5.75 Å². The molecule has 1 fully saturated rings. The van der Waals surface area contributed by atoms with Crippen molar-refractivity contribution in [3.63, 3.8) is 0 Å². The van der Waals surface area contributed by atoms with Gasteiger partial charge in [-0.2, -0.15) is 11.8 Å². The Morgan fingerprint density at radius 2 is 2.29 bits per heavy atom. The summed E-state index contributed by atoms with van der Waals surface area (Å²) in [5.41, 5.74) is 5.83. The topological polar surface area (TPSA) is 35.2 Å². The molecule has 1 aliphatic heterocycles. The first kappa shape index (κ1) is 13.1. The van der Waals surface area contributed by atoms with Crippen LogP contribution in [-0.2, 0) is 0 Å². The number of nitrogens with two attached hydrogens (primary N) is 1. The lowest BCUT2D eigenvalue weighted by molar-refractivity contribution is 0.209. The smallest absolute Gasteiger partial charge is 0.137 e. The number of hydrogen-bond acceptors (Lipinski definition) is 3. The van der Waals surface area contributed by atoms with Crippen molar-refractivity contribution in [2.45, 2.75) is 6.42 Å². The van der Waals surface area contributed by atoms with Gasteiger partial charge >= 0.3 is 0 Å². The number of halogens is 1. The summed E-state index contributed by atoms with van der Waals surface area (Å²) in [6.07, 6.45) is 1.26. The fourth-order valence-electron chi connectivity index (χ4n) is 2.08. The number of ether oxygens (including phenoxy) is 1. The Hall–Kier alpha value is -0.380. The molecular weight excluding hydrogens is 254 g/mol. The minimum absolute atomic E-state index is 0.446. The number of rotatable bonds is 5. The van der Waals surface area contributed by atoms with E-state index in [0.717, 1.165) is 5.75 Å². The summed E-state index contributed by atoms with van der Waals surface area (Å²) in [5.74, 6) is 4.38. The first-order chi connectivity index (χ1) is 8.31. The lowest BCUT2D eigenvalue weighted by atomic mass is 9.93. The third-order valence-corrected chi connectivity index (χ3v) is 4.72. The summed E-state index contributed by atoms with van der Waals surface area (Å²) in [5, 5.41) is 0.670. The van der Waals surface area contributed by atoms with Gasteiger partial charge in [0.2, 0.25) is 0 Å². The molecule has 2 N–H and O–H groups in total. The zero-order valence-electron chi connectivity index (χ0n) is 9.77. The van der Waals surface area contributed by atoms with Crippen LogP contribution >= 0.6 is 23.4 Å². The maximum absolute atomic E-state index is 6.05. The summed E-state index contributed by atoms with van der Waals surface area (Å²) in [6, 6.07) is 7.59. The van der Waals surface area contributed by atoms with Crippen LogP contribution in [0, 0.1) is 11.8 Å². The third-order valence-electron chi connectivity index (χ3n) is 3.22. The van der Waals surface area contributed by atoms with Crippen LogP contribution in [0.1, 0.15) is 6.42 Å². The van der Waals surface area contributed by atoms with E-state index in [-0.39, 0.29) is 0 Å². The molecule has 17 heavy (non-hydrogen) atoms. The fraction of sp³-hybridized carbons (Fsp3) is 0.538. The van der Waals surface area contributed by atoms with Crippen LogP contribution in [0.4, 0.5) is 0 Å². The Morgan fingerprint density at radius 3 is 2.94 bits per heavy atom. The normalized spacial score (nSPS) is 21.4. The Balaban J connectivity index is 1.89. The second kappa shape index (κ2) is 6.53. The van der Waals surface area contributed by atoms with E-state index in [9.17, 15) is 0 Å². The van der Waals surface area contributed by atoms with Gasteiger partial charge in [-0.3, -0.25) is 0 Å². The molecule has 0 saturated carbocycles. The Kier molecular flexibility index (Phi) is 5.01. The van der Waals surface area contributed by atoms with E-state index in [4.69, 9.17) is 22.1 Å². The highest BCUT2D eigenvalue weighted by Crippen LogP contribution is 2.30. The predicted molar refractivity (Wildman–Crippen MR) is 74.9 cm³/mol. The highest BCUT2D eigenvalue weighted by atomic mass is 35.5. The quantitative estimate of drug-likeness (QED) is 0.894. The largest absolute Gasteiger partial charge is 0.492 e. The van der Waals surface area contributed by atoms with Crippen molar-refractivity contribution in [1.82, 2.24) is 0 Å². The Bertz CT molecular complexity index is 355. The molecule has 1 saturated heterocycles. The van der Waals surface area contributed by atoms with Crippen LogP contribution in [0.25, 0.3) is 0 Å². The van der Waals surface area contributed by atoms with Gasteiger partial charge in [0.05, 0.1) is 11.6 Å². The van der Waals surface area contributed by atoms with Crippen LogP contribution in [0.2, 0.25) is 5.02 Å². The van der Waals surface area contributed by atoms with E-state index < -0.39 is 0 Å². The summed E-state index contributed by atoms with van der Waals surface area (Å²) < 4.78 is 5.78. The SMILES string of the molecule is NCC(COc1ccccc1Cl)C1CCSC1. The molecule has 1 heterocycles. The average molecular weight is 272 g/mol. The van der Waals surface area contributed by atoms with Crippen molar-refractivity contribution in [2.24, 2.45) is 17.6 Å². The van der Waals surface area contributed by atoms with E-state index in [2.05, 4.69) is 0 Å². The van der Waals surface area contributed by atoms with Crippen molar-refractivity contribution >= 4 is 23.4 Å². The van der Waals surface area contributed by atoms with Gasteiger partial charge in [-0.1, -0.05) is 23.7 Å². The van der Waals surface area contributed by atoms with E-state index >= 15 is 0 Å². The first-order valence-corrected chi connectivity index (χ1v) is 7.49.